The first kappa shape index (κ1) is 35.6. The van der Waals surface area contributed by atoms with Crippen LogP contribution in [0, 0.1) is 50.7 Å². The molecule has 0 aromatic rings. The fourth-order valence-corrected chi connectivity index (χ4v) is 13.5. The van der Waals surface area contributed by atoms with Crippen LogP contribution in [0.3, 0.4) is 0 Å². The normalized spacial score (nSPS) is 48.1. The van der Waals surface area contributed by atoms with Crippen LogP contribution in [0.1, 0.15) is 113 Å². The molecule has 0 unspecified atom stereocenters. The van der Waals surface area contributed by atoms with Gasteiger partial charge in [-0.05, 0) is 117 Å². The van der Waals surface area contributed by atoms with E-state index < -0.39 is 5.60 Å². The highest BCUT2D eigenvalue weighted by Gasteiger charge is 2.85. The van der Waals surface area contributed by atoms with E-state index >= 15 is 0 Å². The van der Waals surface area contributed by atoms with Gasteiger partial charge in [-0.15, -0.1) is 0 Å². The molecule has 12 atom stereocenters. The molecule has 1 aliphatic heterocycles. The Balaban J connectivity index is 1.37. The maximum Gasteiger partial charge on any atom is 0.302 e. The van der Waals surface area contributed by atoms with E-state index in [0.717, 1.165) is 44.9 Å². The second-order valence-corrected chi connectivity index (χ2v) is 18.1. The summed E-state index contributed by atoms with van der Waals surface area (Å²) in [4.78, 5) is 23.9. The molecule has 0 amide bonds. The third-order valence-corrected chi connectivity index (χ3v) is 15.6. The highest BCUT2D eigenvalue weighted by Crippen LogP contribution is 2.89. The quantitative estimate of drug-likeness (QED) is 0.129. The van der Waals surface area contributed by atoms with Gasteiger partial charge >= 0.3 is 5.97 Å². The minimum Gasteiger partial charge on any atom is -0.468 e. The van der Waals surface area contributed by atoms with Gasteiger partial charge in [0.2, 0.25) is 0 Å². The van der Waals surface area contributed by atoms with E-state index in [0.29, 0.717) is 19.0 Å². The van der Waals surface area contributed by atoms with Crippen molar-refractivity contribution in [2.75, 3.05) is 34.4 Å². The van der Waals surface area contributed by atoms with Gasteiger partial charge < -0.3 is 33.2 Å². The third kappa shape index (κ3) is 5.09. The zero-order valence-corrected chi connectivity index (χ0v) is 30.8. The molecule has 0 aromatic carbocycles. The zero-order valence-electron chi connectivity index (χ0n) is 30.8. The van der Waals surface area contributed by atoms with Crippen molar-refractivity contribution in [1.82, 2.24) is 0 Å². The summed E-state index contributed by atoms with van der Waals surface area (Å²) in [6, 6.07) is 0. The average molecular weight is 663 g/mol. The minimum absolute atomic E-state index is 0.0147. The van der Waals surface area contributed by atoms with E-state index in [4.69, 9.17) is 33.2 Å². The van der Waals surface area contributed by atoms with Crippen LogP contribution < -0.4 is 0 Å². The molecule has 2 spiro atoms. The van der Waals surface area contributed by atoms with Crippen LogP contribution in [-0.2, 0) is 42.7 Å². The summed E-state index contributed by atoms with van der Waals surface area (Å²) in [5.41, 5.74) is -0.747. The molecule has 9 heteroatoms. The molecule has 6 aliphatic rings. The van der Waals surface area contributed by atoms with Gasteiger partial charge in [-0.1, -0.05) is 27.7 Å². The molecular weight excluding hydrogens is 600 g/mol. The first-order valence-electron chi connectivity index (χ1n) is 18.2. The van der Waals surface area contributed by atoms with Crippen molar-refractivity contribution in [2.24, 2.45) is 50.7 Å². The summed E-state index contributed by atoms with van der Waals surface area (Å²) in [5, 5.41) is 0. The van der Waals surface area contributed by atoms with Gasteiger partial charge in [0.1, 0.15) is 19.7 Å². The van der Waals surface area contributed by atoms with Gasteiger partial charge in [-0.2, -0.15) is 0 Å². The van der Waals surface area contributed by atoms with Crippen LogP contribution >= 0.6 is 0 Å². The second kappa shape index (κ2) is 11.9. The Morgan fingerprint density at radius 2 is 1.62 bits per heavy atom. The molecular formula is C38H62O9. The maximum absolute atomic E-state index is 12.8. The van der Waals surface area contributed by atoms with Crippen molar-refractivity contribution >= 4 is 12.4 Å². The molecule has 0 radical (unpaired) electrons. The number of carbonyl (C=O) groups is 2. The molecule has 0 N–H and O–H groups in total. The SMILES string of the molecule is COCO[C@H]1C[C@@]2(C)[C@@H]3C[C@H](OC(C)=O)[C@H]4C(C)(C)[C@@H](COC=O)CC[C@@]45C[C@@]35CC[C@]2(C)[C@H]1[C@@]1(C)CC[C@@H](C(C)(C)OCOC)O1. The van der Waals surface area contributed by atoms with E-state index in [1.807, 2.05) is 0 Å². The number of fused-ring (bicyclic) bond motifs is 2. The van der Waals surface area contributed by atoms with Crippen molar-refractivity contribution in [3.63, 3.8) is 0 Å². The largest absolute Gasteiger partial charge is 0.468 e. The van der Waals surface area contributed by atoms with E-state index in [1.165, 1.54) is 12.8 Å². The maximum atomic E-state index is 12.8. The van der Waals surface area contributed by atoms with Crippen LogP contribution in [0.5, 0.6) is 0 Å². The summed E-state index contributed by atoms with van der Waals surface area (Å²) in [6.45, 7) is 19.3. The van der Waals surface area contributed by atoms with Crippen molar-refractivity contribution in [3.8, 4) is 0 Å². The van der Waals surface area contributed by atoms with Gasteiger partial charge in [-0.3, -0.25) is 9.59 Å². The number of hydrogen-bond acceptors (Lipinski definition) is 9. The Hall–Kier alpha value is -1.26. The fourth-order valence-electron chi connectivity index (χ4n) is 13.5. The van der Waals surface area contributed by atoms with Crippen molar-refractivity contribution in [3.05, 3.63) is 0 Å². The Labute approximate surface area is 282 Å². The number of hydrogen-bond donors (Lipinski definition) is 0. The summed E-state index contributed by atoms with van der Waals surface area (Å²) in [7, 11) is 3.36. The lowest BCUT2D eigenvalue weighted by molar-refractivity contribution is -0.226. The molecule has 268 valence electrons. The number of rotatable bonds is 12. The highest BCUT2D eigenvalue weighted by atomic mass is 16.7. The second-order valence-electron chi connectivity index (χ2n) is 18.1. The van der Waals surface area contributed by atoms with Gasteiger partial charge in [0.05, 0.1) is 30.0 Å². The predicted molar refractivity (Wildman–Crippen MR) is 175 cm³/mol. The number of methoxy groups -OCH3 is 2. The average Bonchev–Trinajstić information content (AvgIpc) is 3.34. The zero-order chi connectivity index (χ0) is 34.3. The number of carbonyl (C=O) groups excluding carboxylic acids is 2. The molecule has 9 nitrogen and oxygen atoms in total. The third-order valence-electron chi connectivity index (χ3n) is 15.6. The van der Waals surface area contributed by atoms with Crippen molar-refractivity contribution in [2.45, 2.75) is 143 Å². The van der Waals surface area contributed by atoms with E-state index in [9.17, 15) is 9.59 Å². The van der Waals surface area contributed by atoms with Crippen LogP contribution in [0.4, 0.5) is 0 Å². The minimum atomic E-state index is -0.478. The Morgan fingerprint density at radius 3 is 2.28 bits per heavy atom. The van der Waals surface area contributed by atoms with Gasteiger partial charge in [0, 0.05) is 33.0 Å². The lowest BCUT2D eigenvalue weighted by Crippen LogP contribution is -2.62. The van der Waals surface area contributed by atoms with E-state index in [-0.39, 0.29) is 88.3 Å². The highest BCUT2D eigenvalue weighted by molar-refractivity contribution is 5.66. The first-order chi connectivity index (χ1) is 22.0. The summed E-state index contributed by atoms with van der Waals surface area (Å²) in [5.74, 6) is 0.843. The Kier molecular flexibility index (Phi) is 9.02. The molecule has 1 saturated heterocycles. The molecule has 0 aromatic heterocycles. The standard InChI is InChI=1S/C38H62O9/c1-24(40)46-26-17-28-35(7)18-27(44-22-41-9)31(36(8)13-12-29(47-36)33(4,5)45-23-42-10)34(35,6)15-16-37(28)20-38(37)14-11-25(19-43-21-39)32(2,3)30(26)38/h21,25-31H,11-20,22-23H2,1-10H3/t25-,26+,27+,28+,29+,30+,31+,34-,35+,36-,37+,38-/m1/s1. The van der Waals surface area contributed by atoms with Crippen molar-refractivity contribution < 1.29 is 42.7 Å². The molecule has 47 heavy (non-hydrogen) atoms. The summed E-state index contributed by atoms with van der Waals surface area (Å²) < 4.78 is 42.5. The first-order valence-corrected chi connectivity index (χ1v) is 18.2. The predicted octanol–water partition coefficient (Wildman–Crippen LogP) is 6.69. The fraction of sp³-hybridized carbons (Fsp3) is 0.947. The molecule has 6 fully saturated rings. The van der Waals surface area contributed by atoms with E-state index in [2.05, 4.69) is 48.5 Å². The molecule has 1 heterocycles. The van der Waals surface area contributed by atoms with Gasteiger partial charge in [-0.25, -0.2) is 0 Å². The molecule has 6 rings (SSSR count). The molecule has 5 saturated carbocycles. The van der Waals surface area contributed by atoms with Crippen LogP contribution in [-0.4, -0.2) is 76.4 Å². The van der Waals surface area contributed by atoms with Crippen LogP contribution in [0.2, 0.25) is 0 Å². The molecule has 0 bridgehead atoms. The summed E-state index contributed by atoms with van der Waals surface area (Å²) >= 11 is 0. The number of ether oxygens (including phenoxy) is 7. The van der Waals surface area contributed by atoms with Gasteiger partial charge in [0.15, 0.2) is 0 Å². The van der Waals surface area contributed by atoms with Crippen LogP contribution in [0.15, 0.2) is 0 Å². The Bertz CT molecular complexity index is 1200. The smallest absolute Gasteiger partial charge is 0.302 e. The monoisotopic (exact) mass is 662 g/mol. The lowest BCUT2D eigenvalue weighted by atomic mass is 9.40. The van der Waals surface area contributed by atoms with Gasteiger partial charge in [0.25, 0.3) is 6.47 Å². The number of esters is 1. The topological polar surface area (TPSA) is 98.8 Å². The van der Waals surface area contributed by atoms with Crippen LogP contribution in [0.25, 0.3) is 0 Å². The summed E-state index contributed by atoms with van der Waals surface area (Å²) in [6.07, 6.45) is 9.05. The lowest BCUT2D eigenvalue weighted by Gasteiger charge is -2.65. The van der Waals surface area contributed by atoms with Crippen molar-refractivity contribution in [1.29, 1.82) is 0 Å². The van der Waals surface area contributed by atoms with E-state index in [1.54, 1.807) is 21.1 Å². The molecule has 5 aliphatic carbocycles. The Morgan fingerprint density at radius 1 is 0.894 bits per heavy atom.